The van der Waals surface area contributed by atoms with E-state index < -0.39 is 0 Å². The molecule has 0 spiro atoms. The van der Waals surface area contributed by atoms with E-state index in [4.69, 9.17) is 0 Å². The van der Waals surface area contributed by atoms with Crippen molar-refractivity contribution in [3.05, 3.63) is 0 Å². The monoisotopic (exact) mass is 225 g/mol. The van der Waals surface area contributed by atoms with Crippen LogP contribution in [0.3, 0.4) is 0 Å². The summed E-state index contributed by atoms with van der Waals surface area (Å²) in [6.07, 6.45) is 7.24. The van der Waals surface area contributed by atoms with Crippen molar-refractivity contribution in [3.8, 4) is 0 Å². The topological polar surface area (TPSA) is 20.3 Å². The molecule has 0 aromatic rings. The number of carbonyl (C=O) groups is 1. The molecule has 2 nitrogen and oxygen atoms in total. The minimum absolute atomic E-state index is 0.367. The molecule has 0 aromatic carbocycles. The maximum Gasteiger partial charge on any atom is 0.149 e. The fourth-order valence-corrected chi connectivity index (χ4v) is 2.56. The van der Waals surface area contributed by atoms with Gasteiger partial charge >= 0.3 is 0 Å². The average Bonchev–Trinajstić information content (AvgIpc) is 2.29. The number of rotatable bonds is 6. The van der Waals surface area contributed by atoms with Gasteiger partial charge in [0.1, 0.15) is 5.78 Å². The van der Waals surface area contributed by atoms with Crippen LogP contribution in [0.4, 0.5) is 0 Å². The number of Topliss-reactive ketones (excluding diaryl/α,β-unsaturated/α-hetero) is 1. The van der Waals surface area contributed by atoms with Crippen LogP contribution in [0.15, 0.2) is 0 Å². The Kier molecular flexibility index (Phi) is 6.04. The van der Waals surface area contributed by atoms with Crippen molar-refractivity contribution in [1.29, 1.82) is 0 Å². The smallest absolute Gasteiger partial charge is 0.149 e. The third kappa shape index (κ3) is 4.25. The van der Waals surface area contributed by atoms with Gasteiger partial charge in [-0.1, -0.05) is 26.2 Å². The Morgan fingerprint density at radius 1 is 1.25 bits per heavy atom. The highest BCUT2D eigenvalue weighted by atomic mass is 16.1. The lowest BCUT2D eigenvalue weighted by Gasteiger charge is -2.28. The van der Waals surface area contributed by atoms with E-state index in [-0.39, 0.29) is 0 Å². The molecule has 2 heteroatoms. The third-order valence-corrected chi connectivity index (χ3v) is 3.66. The van der Waals surface area contributed by atoms with E-state index in [0.29, 0.717) is 24.3 Å². The Morgan fingerprint density at radius 2 is 1.88 bits per heavy atom. The Morgan fingerprint density at radius 3 is 2.38 bits per heavy atom. The fourth-order valence-electron chi connectivity index (χ4n) is 2.56. The van der Waals surface area contributed by atoms with Crippen molar-refractivity contribution in [2.75, 3.05) is 13.1 Å². The maximum absolute atomic E-state index is 12.1. The van der Waals surface area contributed by atoms with E-state index in [1.165, 1.54) is 19.3 Å². The van der Waals surface area contributed by atoms with Crippen molar-refractivity contribution < 1.29 is 4.79 Å². The van der Waals surface area contributed by atoms with Crippen molar-refractivity contribution in [2.45, 2.75) is 65.3 Å². The lowest BCUT2D eigenvalue weighted by Crippen LogP contribution is -2.38. The molecule has 0 aromatic heterocycles. The summed E-state index contributed by atoms with van der Waals surface area (Å²) in [5, 5.41) is 0. The molecule has 1 aliphatic rings. The van der Waals surface area contributed by atoms with Crippen LogP contribution in [-0.2, 0) is 4.79 Å². The average molecular weight is 225 g/mol. The second kappa shape index (κ2) is 7.05. The van der Waals surface area contributed by atoms with E-state index in [9.17, 15) is 4.79 Å². The highest BCUT2D eigenvalue weighted by molar-refractivity contribution is 5.83. The molecule has 1 saturated carbocycles. The zero-order chi connectivity index (χ0) is 12.0. The van der Waals surface area contributed by atoms with Crippen LogP contribution in [0.25, 0.3) is 0 Å². The SMILES string of the molecule is CCCN(CC(=O)C1CCCCC1)C(C)C. The zero-order valence-electron chi connectivity index (χ0n) is 11.2. The number of hydrogen-bond acceptors (Lipinski definition) is 2. The van der Waals surface area contributed by atoms with Gasteiger partial charge in [0, 0.05) is 12.0 Å². The first-order valence-electron chi connectivity index (χ1n) is 6.92. The number of carbonyl (C=O) groups excluding carboxylic acids is 1. The summed E-state index contributed by atoms with van der Waals surface area (Å²) in [5.41, 5.74) is 0. The van der Waals surface area contributed by atoms with E-state index in [1.54, 1.807) is 0 Å². The normalized spacial score (nSPS) is 18.3. The number of hydrogen-bond donors (Lipinski definition) is 0. The first-order valence-corrected chi connectivity index (χ1v) is 6.92. The third-order valence-electron chi connectivity index (χ3n) is 3.66. The summed E-state index contributed by atoms with van der Waals surface area (Å²) in [4.78, 5) is 14.5. The van der Waals surface area contributed by atoms with Gasteiger partial charge in [0.05, 0.1) is 6.54 Å². The molecule has 0 saturated heterocycles. The molecule has 0 atom stereocenters. The van der Waals surface area contributed by atoms with Gasteiger partial charge in [-0.25, -0.2) is 0 Å². The van der Waals surface area contributed by atoms with Crippen LogP contribution in [0.5, 0.6) is 0 Å². The van der Waals surface area contributed by atoms with Gasteiger partial charge in [0.2, 0.25) is 0 Å². The minimum Gasteiger partial charge on any atom is -0.298 e. The van der Waals surface area contributed by atoms with Crippen LogP contribution in [0.2, 0.25) is 0 Å². The van der Waals surface area contributed by atoms with Crippen LogP contribution in [-0.4, -0.2) is 29.8 Å². The Balaban J connectivity index is 2.40. The molecule has 0 unspecified atom stereocenters. The summed E-state index contributed by atoms with van der Waals surface area (Å²) in [7, 11) is 0. The fraction of sp³-hybridized carbons (Fsp3) is 0.929. The van der Waals surface area contributed by atoms with Crippen LogP contribution >= 0.6 is 0 Å². The molecule has 0 amide bonds. The predicted molar refractivity (Wildman–Crippen MR) is 68.6 cm³/mol. The molecular weight excluding hydrogens is 198 g/mol. The van der Waals surface area contributed by atoms with Crippen LogP contribution in [0, 0.1) is 5.92 Å². The highest BCUT2D eigenvalue weighted by Gasteiger charge is 2.23. The van der Waals surface area contributed by atoms with Gasteiger partial charge in [-0.05, 0) is 39.7 Å². The zero-order valence-corrected chi connectivity index (χ0v) is 11.2. The highest BCUT2D eigenvalue weighted by Crippen LogP contribution is 2.24. The standard InChI is InChI=1S/C14H27NO/c1-4-10-15(12(2)3)11-14(16)13-8-6-5-7-9-13/h12-13H,4-11H2,1-3H3. The van der Waals surface area contributed by atoms with Crippen LogP contribution < -0.4 is 0 Å². The first kappa shape index (κ1) is 13.7. The molecular formula is C14H27NO. The van der Waals surface area contributed by atoms with Gasteiger partial charge < -0.3 is 0 Å². The Bertz CT molecular complexity index is 207. The van der Waals surface area contributed by atoms with E-state index >= 15 is 0 Å². The minimum atomic E-state index is 0.367. The summed E-state index contributed by atoms with van der Waals surface area (Å²) in [6, 6.07) is 0.493. The summed E-state index contributed by atoms with van der Waals surface area (Å²) >= 11 is 0. The quantitative estimate of drug-likeness (QED) is 0.691. The molecule has 0 radical (unpaired) electrons. The largest absolute Gasteiger partial charge is 0.298 e. The lowest BCUT2D eigenvalue weighted by atomic mass is 9.86. The molecule has 0 heterocycles. The second-order valence-corrected chi connectivity index (χ2v) is 5.37. The van der Waals surface area contributed by atoms with Crippen molar-refractivity contribution >= 4 is 5.78 Å². The first-order chi connectivity index (χ1) is 7.65. The summed E-state index contributed by atoms with van der Waals surface area (Å²) in [5.74, 6) is 0.855. The van der Waals surface area contributed by atoms with E-state index in [1.807, 2.05) is 0 Å². The molecule has 94 valence electrons. The molecule has 1 fully saturated rings. The molecule has 16 heavy (non-hydrogen) atoms. The van der Waals surface area contributed by atoms with Gasteiger partial charge in [0.25, 0.3) is 0 Å². The van der Waals surface area contributed by atoms with Gasteiger partial charge in [-0.15, -0.1) is 0 Å². The number of ketones is 1. The Hall–Kier alpha value is -0.370. The van der Waals surface area contributed by atoms with Crippen molar-refractivity contribution in [2.24, 2.45) is 5.92 Å². The predicted octanol–water partition coefficient (Wildman–Crippen LogP) is 3.26. The van der Waals surface area contributed by atoms with Gasteiger partial charge in [-0.2, -0.15) is 0 Å². The maximum atomic E-state index is 12.1. The van der Waals surface area contributed by atoms with Crippen LogP contribution in [0.1, 0.15) is 59.3 Å². The summed E-state index contributed by atoms with van der Waals surface area (Å²) < 4.78 is 0. The Labute approximate surface area is 100 Å². The molecule has 0 aliphatic heterocycles. The molecule has 0 N–H and O–H groups in total. The lowest BCUT2D eigenvalue weighted by molar-refractivity contribution is -0.125. The van der Waals surface area contributed by atoms with Crippen molar-refractivity contribution in [1.82, 2.24) is 4.90 Å². The van der Waals surface area contributed by atoms with Crippen molar-refractivity contribution in [3.63, 3.8) is 0 Å². The molecule has 1 aliphatic carbocycles. The number of nitrogens with zero attached hydrogens (tertiary/aromatic N) is 1. The van der Waals surface area contributed by atoms with Gasteiger partial charge in [-0.3, -0.25) is 9.69 Å². The van der Waals surface area contributed by atoms with Gasteiger partial charge in [0.15, 0.2) is 0 Å². The second-order valence-electron chi connectivity index (χ2n) is 5.37. The molecule has 0 bridgehead atoms. The van der Waals surface area contributed by atoms with E-state index in [0.717, 1.165) is 25.8 Å². The van der Waals surface area contributed by atoms with E-state index in [2.05, 4.69) is 25.7 Å². The summed E-state index contributed by atoms with van der Waals surface area (Å²) in [6.45, 7) is 8.28. The molecule has 1 rings (SSSR count).